The van der Waals surface area contributed by atoms with Gasteiger partial charge < -0.3 is 13.9 Å². The van der Waals surface area contributed by atoms with Crippen molar-refractivity contribution in [2.24, 2.45) is 0 Å². The van der Waals surface area contributed by atoms with Crippen LogP contribution in [-0.2, 0) is 5.41 Å². The lowest BCUT2D eigenvalue weighted by Crippen LogP contribution is -2.37. The van der Waals surface area contributed by atoms with Crippen molar-refractivity contribution in [3.8, 4) is 34.0 Å². The third-order valence-electron chi connectivity index (χ3n) is 12.5. The van der Waals surface area contributed by atoms with E-state index in [4.69, 9.17) is 4.74 Å². The van der Waals surface area contributed by atoms with Crippen LogP contribution in [-0.4, -0.2) is 9.13 Å². The largest absolute Gasteiger partial charge is 0.457 e. The summed E-state index contributed by atoms with van der Waals surface area (Å²) in [5.41, 5.74) is 13.7. The highest BCUT2D eigenvalue weighted by atomic mass is 16.5. The van der Waals surface area contributed by atoms with Crippen LogP contribution in [0, 0.1) is 0 Å². The number of hydrogen-bond acceptors (Lipinski definition) is 1. The highest BCUT2D eigenvalue weighted by molar-refractivity contribution is 6.13. The Labute approximate surface area is 322 Å². The Morgan fingerprint density at radius 1 is 0.357 bits per heavy atom. The number of para-hydroxylation sites is 5. The summed E-state index contributed by atoms with van der Waals surface area (Å²) in [6.45, 7) is 0. The van der Waals surface area contributed by atoms with Gasteiger partial charge in [-0.3, -0.25) is 0 Å². The normalized spacial score (nSPS) is 15.4. The third kappa shape index (κ3) is 3.76. The molecule has 0 amide bonds. The molecule has 0 saturated carbocycles. The van der Waals surface area contributed by atoms with Gasteiger partial charge in [0.25, 0.3) is 0 Å². The molecule has 2 aliphatic heterocycles. The number of nitrogens with zero attached hydrogens (tertiary/aromatic N) is 2. The zero-order valence-corrected chi connectivity index (χ0v) is 30.3. The molecule has 13 rings (SSSR count). The minimum atomic E-state index is -0.621. The van der Waals surface area contributed by atoms with Crippen molar-refractivity contribution in [3.63, 3.8) is 0 Å². The number of benzene rings is 9. The SMILES string of the molecule is c1ccc2c(c1)Oc1cc3c(cc1C21c2ccccc2-n2c4ccccc4c4cccc1c42)c1ccccc1n3-c1ccc(-c2ccc3ccccc3c2)cc1. The highest BCUT2D eigenvalue weighted by Crippen LogP contribution is 2.61. The lowest BCUT2D eigenvalue weighted by atomic mass is 9.61. The van der Waals surface area contributed by atoms with E-state index in [1.165, 1.54) is 76.8 Å². The molecule has 0 aliphatic carbocycles. The van der Waals surface area contributed by atoms with Crippen LogP contribution in [0.15, 0.2) is 194 Å². The molecule has 2 aliphatic rings. The van der Waals surface area contributed by atoms with E-state index in [-0.39, 0.29) is 0 Å². The molecule has 11 aromatic rings. The molecular weight excluding hydrogens is 681 g/mol. The van der Waals surface area contributed by atoms with Crippen molar-refractivity contribution < 1.29 is 4.74 Å². The molecule has 0 N–H and O–H groups in total. The second-order valence-electron chi connectivity index (χ2n) is 15.2. The van der Waals surface area contributed by atoms with Crippen molar-refractivity contribution in [3.05, 3.63) is 216 Å². The Balaban J connectivity index is 1.10. The van der Waals surface area contributed by atoms with Crippen molar-refractivity contribution in [2.45, 2.75) is 5.41 Å². The number of ether oxygens (including phenoxy) is 1. The second-order valence-corrected chi connectivity index (χ2v) is 15.2. The topological polar surface area (TPSA) is 19.1 Å². The molecule has 9 aromatic carbocycles. The average Bonchev–Trinajstić information content (AvgIpc) is 3.77. The number of aromatic nitrogens is 2. The molecule has 3 heteroatoms. The molecule has 260 valence electrons. The van der Waals surface area contributed by atoms with Crippen molar-refractivity contribution >= 4 is 54.4 Å². The molecule has 0 radical (unpaired) electrons. The van der Waals surface area contributed by atoms with Gasteiger partial charge in [-0.1, -0.05) is 140 Å². The quantitative estimate of drug-likeness (QED) is 0.175. The van der Waals surface area contributed by atoms with E-state index in [0.717, 1.165) is 33.8 Å². The van der Waals surface area contributed by atoms with Crippen LogP contribution in [0.4, 0.5) is 0 Å². The van der Waals surface area contributed by atoms with Gasteiger partial charge in [-0.25, -0.2) is 0 Å². The first-order valence-electron chi connectivity index (χ1n) is 19.3. The molecule has 2 aromatic heterocycles. The molecule has 56 heavy (non-hydrogen) atoms. The predicted molar refractivity (Wildman–Crippen MR) is 230 cm³/mol. The van der Waals surface area contributed by atoms with E-state index in [0.29, 0.717) is 0 Å². The van der Waals surface area contributed by atoms with Gasteiger partial charge in [-0.2, -0.15) is 0 Å². The van der Waals surface area contributed by atoms with Gasteiger partial charge in [-0.05, 0) is 81.6 Å². The Hall–Kier alpha value is -7.36. The van der Waals surface area contributed by atoms with E-state index >= 15 is 0 Å². The lowest BCUT2D eigenvalue weighted by molar-refractivity contribution is 0.435. The minimum Gasteiger partial charge on any atom is -0.457 e. The molecule has 1 spiro atoms. The molecule has 4 heterocycles. The van der Waals surface area contributed by atoms with Crippen molar-refractivity contribution in [1.82, 2.24) is 9.13 Å². The van der Waals surface area contributed by atoms with Crippen molar-refractivity contribution in [2.75, 3.05) is 0 Å². The van der Waals surface area contributed by atoms with Crippen LogP contribution < -0.4 is 4.74 Å². The zero-order valence-electron chi connectivity index (χ0n) is 30.3. The molecular formula is C53H32N2O. The fraction of sp³-hybridized carbons (Fsp3) is 0.0189. The van der Waals surface area contributed by atoms with E-state index in [2.05, 4.69) is 203 Å². The van der Waals surface area contributed by atoms with Gasteiger partial charge in [0.05, 0.1) is 33.2 Å². The summed E-state index contributed by atoms with van der Waals surface area (Å²) in [4.78, 5) is 0. The van der Waals surface area contributed by atoms with Gasteiger partial charge >= 0.3 is 0 Å². The molecule has 1 unspecified atom stereocenters. The summed E-state index contributed by atoms with van der Waals surface area (Å²) in [6, 6.07) is 71.2. The minimum absolute atomic E-state index is 0.621. The summed E-state index contributed by atoms with van der Waals surface area (Å²) in [5.74, 6) is 1.77. The first kappa shape index (κ1) is 30.0. The van der Waals surface area contributed by atoms with Crippen LogP contribution >= 0.6 is 0 Å². The first-order chi connectivity index (χ1) is 27.8. The summed E-state index contributed by atoms with van der Waals surface area (Å²) in [6.07, 6.45) is 0. The second kappa shape index (κ2) is 10.9. The summed E-state index contributed by atoms with van der Waals surface area (Å²) < 4.78 is 11.9. The number of fused-ring (bicyclic) bond motifs is 15. The Morgan fingerprint density at radius 3 is 1.86 bits per heavy atom. The first-order valence-corrected chi connectivity index (χ1v) is 19.3. The predicted octanol–water partition coefficient (Wildman–Crippen LogP) is 13.5. The lowest BCUT2D eigenvalue weighted by Gasteiger charge is -2.45. The van der Waals surface area contributed by atoms with Crippen molar-refractivity contribution in [1.29, 1.82) is 0 Å². The molecule has 3 nitrogen and oxygen atoms in total. The Morgan fingerprint density at radius 2 is 1.00 bits per heavy atom. The van der Waals surface area contributed by atoms with Crippen LogP contribution in [0.3, 0.4) is 0 Å². The fourth-order valence-electron chi connectivity index (χ4n) is 10.2. The molecule has 0 saturated heterocycles. The molecule has 0 fully saturated rings. The van der Waals surface area contributed by atoms with E-state index in [1.807, 2.05) is 0 Å². The maximum absolute atomic E-state index is 7.05. The number of rotatable bonds is 2. The van der Waals surface area contributed by atoms with Gasteiger partial charge in [0, 0.05) is 44.4 Å². The molecule has 0 bridgehead atoms. The number of hydrogen-bond donors (Lipinski definition) is 0. The average molecular weight is 713 g/mol. The zero-order chi connectivity index (χ0) is 36.5. The van der Waals surface area contributed by atoms with Crippen LogP contribution in [0.2, 0.25) is 0 Å². The summed E-state index contributed by atoms with van der Waals surface area (Å²) >= 11 is 0. The van der Waals surface area contributed by atoms with E-state index in [9.17, 15) is 0 Å². The van der Waals surface area contributed by atoms with E-state index in [1.54, 1.807) is 0 Å². The Bertz CT molecular complexity index is 3460. The maximum Gasteiger partial charge on any atom is 0.134 e. The molecule has 1 atom stereocenters. The fourth-order valence-corrected chi connectivity index (χ4v) is 10.2. The summed E-state index contributed by atoms with van der Waals surface area (Å²) in [7, 11) is 0. The van der Waals surface area contributed by atoms with Gasteiger partial charge in [0.2, 0.25) is 0 Å². The monoisotopic (exact) mass is 712 g/mol. The van der Waals surface area contributed by atoms with Crippen LogP contribution in [0.25, 0.3) is 76.9 Å². The third-order valence-corrected chi connectivity index (χ3v) is 12.5. The Kier molecular flexibility index (Phi) is 5.83. The summed E-state index contributed by atoms with van der Waals surface area (Å²) in [5, 5.41) is 7.46. The smallest absolute Gasteiger partial charge is 0.134 e. The van der Waals surface area contributed by atoms with Gasteiger partial charge in [0.15, 0.2) is 0 Å². The van der Waals surface area contributed by atoms with Crippen LogP contribution in [0.5, 0.6) is 11.5 Å². The standard InChI is InChI=1S/C53H32N2O/c1-2-13-35-30-36(25-24-33(35)12-1)34-26-28-37(29-27-34)54-46-20-7-4-15-39(46)41-31-45-51(32-49(41)54)56-50-23-10-6-18-43(50)53(45)42-17-5-9-22-48(42)55-47-21-8-3-14-38(47)40-16-11-19-44(53)52(40)55/h1-32H. The maximum atomic E-state index is 7.05. The van der Waals surface area contributed by atoms with Crippen LogP contribution in [0.1, 0.15) is 22.3 Å². The van der Waals surface area contributed by atoms with E-state index < -0.39 is 5.41 Å². The highest BCUT2D eigenvalue weighted by Gasteiger charge is 2.50. The van der Waals surface area contributed by atoms with Gasteiger partial charge in [-0.15, -0.1) is 0 Å². The van der Waals surface area contributed by atoms with Gasteiger partial charge in [0.1, 0.15) is 11.5 Å².